The monoisotopic (exact) mass is 387 g/mol. The molecular weight excluding hydrogens is 362 g/mol. The number of sulfonamides is 1. The van der Waals surface area contributed by atoms with E-state index in [2.05, 4.69) is 14.5 Å². The third kappa shape index (κ3) is 4.20. The molecular formula is C20H25N3O3S. The second-order valence-electron chi connectivity index (χ2n) is 7.08. The van der Waals surface area contributed by atoms with Gasteiger partial charge < -0.3 is 9.64 Å². The molecule has 2 aromatic rings. The summed E-state index contributed by atoms with van der Waals surface area (Å²) in [6.45, 7) is 4.26. The van der Waals surface area contributed by atoms with Crippen LogP contribution < -0.4 is 14.4 Å². The highest BCUT2D eigenvalue weighted by molar-refractivity contribution is 7.92. The van der Waals surface area contributed by atoms with Gasteiger partial charge in [0.05, 0.1) is 12.0 Å². The first-order valence-electron chi connectivity index (χ1n) is 9.31. The Kier molecular flexibility index (Phi) is 4.97. The number of nitrogens with one attached hydrogen (secondary N) is 1. The Morgan fingerprint density at radius 1 is 0.926 bits per heavy atom. The smallest absolute Gasteiger partial charge is 0.261 e. The van der Waals surface area contributed by atoms with Crippen molar-refractivity contribution in [3.8, 4) is 5.75 Å². The molecule has 6 nitrogen and oxygen atoms in total. The molecule has 0 amide bonds. The van der Waals surface area contributed by atoms with Gasteiger partial charge in [0, 0.05) is 43.6 Å². The van der Waals surface area contributed by atoms with E-state index in [4.69, 9.17) is 4.74 Å². The number of ether oxygens (including phenoxy) is 1. The Bertz CT molecular complexity index is 870. The number of nitrogens with zero attached hydrogens (tertiary/aromatic N) is 2. The molecule has 0 aromatic heterocycles. The van der Waals surface area contributed by atoms with Gasteiger partial charge in [0.2, 0.25) is 0 Å². The minimum absolute atomic E-state index is 0.212. The van der Waals surface area contributed by atoms with Crippen LogP contribution in [0.2, 0.25) is 0 Å². The van der Waals surface area contributed by atoms with Crippen LogP contribution in [0.3, 0.4) is 0 Å². The summed E-state index contributed by atoms with van der Waals surface area (Å²) in [6, 6.07) is 14.8. The first kappa shape index (κ1) is 18.1. The molecule has 1 heterocycles. The van der Waals surface area contributed by atoms with Gasteiger partial charge in [-0.05, 0) is 61.4 Å². The van der Waals surface area contributed by atoms with Crippen LogP contribution in [0.1, 0.15) is 12.8 Å². The summed E-state index contributed by atoms with van der Waals surface area (Å²) in [7, 11) is -2.06. The number of benzene rings is 2. The predicted molar refractivity (Wildman–Crippen MR) is 107 cm³/mol. The molecule has 2 aliphatic rings. The summed E-state index contributed by atoms with van der Waals surface area (Å²) in [4.78, 5) is 5.15. The third-order valence-electron chi connectivity index (χ3n) is 5.23. The molecule has 0 atom stereocenters. The Morgan fingerprint density at radius 3 is 2.11 bits per heavy atom. The molecule has 1 aliphatic heterocycles. The predicted octanol–water partition coefficient (Wildman–Crippen LogP) is 2.78. The van der Waals surface area contributed by atoms with Crippen LogP contribution in [0.15, 0.2) is 53.4 Å². The molecule has 0 radical (unpaired) electrons. The first-order chi connectivity index (χ1) is 13.0. The number of rotatable bonds is 6. The summed E-state index contributed by atoms with van der Waals surface area (Å²) in [5, 5.41) is 0. The Labute approximate surface area is 160 Å². The van der Waals surface area contributed by atoms with Gasteiger partial charge in [-0.2, -0.15) is 0 Å². The van der Waals surface area contributed by atoms with Crippen molar-refractivity contribution in [2.24, 2.45) is 0 Å². The maximum absolute atomic E-state index is 12.5. The molecule has 2 aromatic carbocycles. The fourth-order valence-electron chi connectivity index (χ4n) is 3.49. The number of piperazine rings is 1. The average molecular weight is 388 g/mol. The van der Waals surface area contributed by atoms with E-state index >= 15 is 0 Å². The van der Waals surface area contributed by atoms with Gasteiger partial charge in [-0.1, -0.05) is 0 Å². The second kappa shape index (κ2) is 7.40. The minimum Gasteiger partial charge on any atom is -0.497 e. The summed E-state index contributed by atoms with van der Waals surface area (Å²) in [5.41, 5.74) is 1.70. The maximum atomic E-state index is 12.5. The Morgan fingerprint density at radius 2 is 1.56 bits per heavy atom. The van der Waals surface area contributed by atoms with E-state index in [0.717, 1.165) is 37.9 Å². The lowest BCUT2D eigenvalue weighted by Crippen LogP contribution is -2.47. The van der Waals surface area contributed by atoms with Crippen molar-refractivity contribution in [1.29, 1.82) is 0 Å². The van der Waals surface area contributed by atoms with Crippen molar-refractivity contribution >= 4 is 21.4 Å². The van der Waals surface area contributed by atoms with Crippen molar-refractivity contribution in [2.45, 2.75) is 23.8 Å². The number of methoxy groups -OCH3 is 1. The van der Waals surface area contributed by atoms with Crippen LogP contribution in [0.4, 0.5) is 11.4 Å². The number of hydrogen-bond donors (Lipinski definition) is 1. The van der Waals surface area contributed by atoms with Gasteiger partial charge in [-0.15, -0.1) is 0 Å². The highest BCUT2D eigenvalue weighted by atomic mass is 32.2. The van der Waals surface area contributed by atoms with Crippen LogP contribution in [-0.4, -0.2) is 52.6 Å². The quantitative estimate of drug-likeness (QED) is 0.826. The molecule has 1 saturated heterocycles. The molecule has 0 unspecified atom stereocenters. The van der Waals surface area contributed by atoms with E-state index in [0.29, 0.717) is 11.4 Å². The zero-order valence-corrected chi connectivity index (χ0v) is 16.3. The zero-order chi connectivity index (χ0) is 18.9. The van der Waals surface area contributed by atoms with Crippen LogP contribution >= 0.6 is 0 Å². The maximum Gasteiger partial charge on any atom is 0.261 e. The second-order valence-corrected chi connectivity index (χ2v) is 8.76. The third-order valence-corrected chi connectivity index (χ3v) is 6.63. The summed E-state index contributed by atoms with van der Waals surface area (Å²) >= 11 is 0. The molecule has 0 spiro atoms. The highest BCUT2D eigenvalue weighted by Gasteiger charge is 2.31. The van der Waals surface area contributed by atoms with Crippen molar-refractivity contribution in [1.82, 2.24) is 4.90 Å². The molecule has 2 fully saturated rings. The molecule has 144 valence electrons. The van der Waals surface area contributed by atoms with Gasteiger partial charge in [0.25, 0.3) is 10.0 Å². The van der Waals surface area contributed by atoms with Crippen molar-refractivity contribution < 1.29 is 13.2 Å². The average Bonchev–Trinajstić information content (AvgIpc) is 3.54. The van der Waals surface area contributed by atoms with Crippen LogP contribution in [0.5, 0.6) is 5.75 Å². The normalized spacial score (nSPS) is 18.3. The molecule has 1 aliphatic carbocycles. The number of anilines is 2. The SMILES string of the molecule is COc1ccc(S(=O)(=O)Nc2ccc(N3CCN(C4CC4)CC3)cc2)cc1. The van der Waals surface area contributed by atoms with E-state index in [1.165, 1.54) is 25.0 Å². The molecule has 1 saturated carbocycles. The summed E-state index contributed by atoms with van der Waals surface area (Å²) in [6.07, 6.45) is 2.70. The Hall–Kier alpha value is -2.25. The van der Waals surface area contributed by atoms with Crippen LogP contribution in [0, 0.1) is 0 Å². The lowest BCUT2D eigenvalue weighted by molar-refractivity contribution is 0.248. The Balaban J connectivity index is 1.39. The zero-order valence-electron chi connectivity index (χ0n) is 15.5. The van der Waals surface area contributed by atoms with Crippen molar-refractivity contribution in [2.75, 3.05) is 42.9 Å². The largest absolute Gasteiger partial charge is 0.497 e. The number of hydrogen-bond acceptors (Lipinski definition) is 5. The van der Waals surface area contributed by atoms with Gasteiger partial charge in [0.15, 0.2) is 0 Å². The van der Waals surface area contributed by atoms with Gasteiger partial charge in [0.1, 0.15) is 5.75 Å². The van der Waals surface area contributed by atoms with E-state index < -0.39 is 10.0 Å². The van der Waals surface area contributed by atoms with Gasteiger partial charge >= 0.3 is 0 Å². The van der Waals surface area contributed by atoms with E-state index in [1.54, 1.807) is 19.2 Å². The molecule has 1 N–H and O–H groups in total. The summed E-state index contributed by atoms with van der Waals surface area (Å²) in [5.74, 6) is 0.625. The first-order valence-corrected chi connectivity index (χ1v) is 10.8. The highest BCUT2D eigenvalue weighted by Crippen LogP contribution is 2.29. The molecule has 27 heavy (non-hydrogen) atoms. The fraction of sp³-hybridized carbons (Fsp3) is 0.400. The lowest BCUT2D eigenvalue weighted by atomic mass is 10.2. The standard InChI is InChI=1S/C20H25N3O3S/c1-26-19-8-10-20(11-9-19)27(24,25)21-16-2-4-17(5-3-16)22-12-14-23(15-13-22)18-6-7-18/h2-5,8-11,18,21H,6-7,12-15H2,1H3. The van der Waals surface area contributed by atoms with E-state index in [1.807, 2.05) is 24.3 Å². The fourth-order valence-corrected chi connectivity index (χ4v) is 4.55. The van der Waals surface area contributed by atoms with E-state index in [-0.39, 0.29) is 4.90 Å². The molecule has 7 heteroatoms. The lowest BCUT2D eigenvalue weighted by Gasteiger charge is -2.36. The van der Waals surface area contributed by atoms with Crippen LogP contribution in [0.25, 0.3) is 0 Å². The topological polar surface area (TPSA) is 61.9 Å². The van der Waals surface area contributed by atoms with Crippen molar-refractivity contribution in [3.05, 3.63) is 48.5 Å². The van der Waals surface area contributed by atoms with Gasteiger partial charge in [-0.3, -0.25) is 9.62 Å². The molecule has 4 rings (SSSR count). The summed E-state index contributed by atoms with van der Waals surface area (Å²) < 4.78 is 32.8. The molecule has 0 bridgehead atoms. The van der Waals surface area contributed by atoms with Gasteiger partial charge in [-0.25, -0.2) is 8.42 Å². The van der Waals surface area contributed by atoms with E-state index in [9.17, 15) is 8.42 Å². The van der Waals surface area contributed by atoms with Crippen LogP contribution in [-0.2, 0) is 10.0 Å². The van der Waals surface area contributed by atoms with Crippen molar-refractivity contribution in [3.63, 3.8) is 0 Å². The minimum atomic E-state index is -3.61.